The Morgan fingerprint density at radius 3 is 2.09 bits per heavy atom. The van der Waals surface area contributed by atoms with E-state index in [1.807, 2.05) is 30.3 Å². The van der Waals surface area contributed by atoms with E-state index in [0.29, 0.717) is 23.7 Å². The first-order valence-corrected chi connectivity index (χ1v) is 9.79. The molecule has 0 aromatic heterocycles. The summed E-state index contributed by atoms with van der Waals surface area (Å²) >= 11 is 0. The van der Waals surface area contributed by atoms with E-state index < -0.39 is 40.7 Å². The van der Waals surface area contributed by atoms with Crippen LogP contribution in [0.15, 0.2) is 53.6 Å². The third-order valence-electron chi connectivity index (χ3n) is 4.44. The first-order chi connectivity index (χ1) is 16.1. The molecule has 0 amide bonds. The predicted molar refractivity (Wildman–Crippen MR) is 111 cm³/mol. The van der Waals surface area contributed by atoms with Crippen molar-refractivity contribution in [3.8, 4) is 11.5 Å². The maximum atomic E-state index is 13.9. The Kier molecular flexibility index (Phi) is 7.64. The lowest BCUT2D eigenvalue weighted by molar-refractivity contribution is -0.143. The van der Waals surface area contributed by atoms with Crippen LogP contribution in [0.2, 0.25) is 0 Å². The molecule has 0 aliphatic rings. The van der Waals surface area contributed by atoms with Crippen LogP contribution >= 0.6 is 0 Å². The van der Waals surface area contributed by atoms with E-state index in [1.165, 1.54) is 12.1 Å². The molecule has 0 saturated heterocycles. The molecule has 0 bridgehead atoms. The maximum Gasteiger partial charge on any atom is 0.422 e. The van der Waals surface area contributed by atoms with Gasteiger partial charge in [-0.15, -0.1) is 0 Å². The molecule has 1 N–H and O–H groups in total. The standard InChI is InChI=1S/C23H17F7N2O2/c1-2-33-16-10-14(8-9-15(16)34-12-13-6-4-3-5-7-13)11-31-32-22-20(26)18(24)17(23(28,29)30)19(25)21(22)27/h3-11,32H,2,12H2,1H3. The molecule has 4 nitrogen and oxygen atoms in total. The number of alkyl halides is 3. The average molecular weight is 486 g/mol. The van der Waals surface area contributed by atoms with E-state index in [2.05, 4.69) is 5.10 Å². The summed E-state index contributed by atoms with van der Waals surface area (Å²) in [5.74, 6) is -8.96. The minimum atomic E-state index is -5.63. The van der Waals surface area contributed by atoms with E-state index in [9.17, 15) is 30.7 Å². The fourth-order valence-corrected chi connectivity index (χ4v) is 2.88. The molecule has 34 heavy (non-hydrogen) atoms. The van der Waals surface area contributed by atoms with Gasteiger partial charge in [0.15, 0.2) is 34.8 Å². The molecule has 11 heteroatoms. The summed E-state index contributed by atoms with van der Waals surface area (Å²) in [6, 6.07) is 13.9. The predicted octanol–water partition coefficient (Wildman–Crippen LogP) is 6.69. The molecule has 0 atom stereocenters. The van der Waals surface area contributed by atoms with Crippen LogP contribution in [0.3, 0.4) is 0 Å². The summed E-state index contributed by atoms with van der Waals surface area (Å²) in [6.45, 7) is 2.29. The highest BCUT2D eigenvalue weighted by Crippen LogP contribution is 2.38. The second-order valence-electron chi connectivity index (χ2n) is 6.79. The van der Waals surface area contributed by atoms with Crippen molar-refractivity contribution >= 4 is 11.9 Å². The van der Waals surface area contributed by atoms with E-state index in [1.54, 1.807) is 18.4 Å². The van der Waals surface area contributed by atoms with Gasteiger partial charge in [0, 0.05) is 0 Å². The van der Waals surface area contributed by atoms with Gasteiger partial charge in [-0.3, -0.25) is 5.43 Å². The maximum absolute atomic E-state index is 13.9. The summed E-state index contributed by atoms with van der Waals surface area (Å²) < 4.78 is 105. The summed E-state index contributed by atoms with van der Waals surface area (Å²) in [6.07, 6.45) is -4.60. The number of hydrazone groups is 1. The van der Waals surface area contributed by atoms with Gasteiger partial charge in [-0.25, -0.2) is 17.6 Å². The molecule has 0 fully saturated rings. The van der Waals surface area contributed by atoms with Crippen LogP contribution in [0.1, 0.15) is 23.6 Å². The van der Waals surface area contributed by atoms with Gasteiger partial charge >= 0.3 is 6.18 Å². The van der Waals surface area contributed by atoms with E-state index in [0.717, 1.165) is 11.8 Å². The highest BCUT2D eigenvalue weighted by Gasteiger charge is 2.42. The number of hydrogen-bond acceptors (Lipinski definition) is 4. The van der Waals surface area contributed by atoms with Gasteiger partial charge in [0.2, 0.25) is 0 Å². The largest absolute Gasteiger partial charge is 0.490 e. The van der Waals surface area contributed by atoms with E-state index in [-0.39, 0.29) is 6.61 Å². The zero-order chi connectivity index (χ0) is 24.9. The minimum Gasteiger partial charge on any atom is -0.490 e. The lowest BCUT2D eigenvalue weighted by Gasteiger charge is -2.14. The normalized spacial score (nSPS) is 11.6. The number of anilines is 1. The van der Waals surface area contributed by atoms with Crippen LogP contribution in [0.5, 0.6) is 11.5 Å². The number of nitrogens with zero attached hydrogens (tertiary/aromatic N) is 1. The van der Waals surface area contributed by atoms with Crippen LogP contribution in [-0.2, 0) is 12.8 Å². The molecule has 180 valence electrons. The van der Waals surface area contributed by atoms with Gasteiger partial charge in [-0.05, 0) is 36.2 Å². The Morgan fingerprint density at radius 1 is 0.853 bits per heavy atom. The molecule has 0 saturated carbocycles. The molecule has 0 radical (unpaired) electrons. The summed E-state index contributed by atoms with van der Waals surface area (Å²) in [4.78, 5) is 0. The lowest BCUT2D eigenvalue weighted by atomic mass is 10.1. The first-order valence-electron chi connectivity index (χ1n) is 9.79. The summed E-state index contributed by atoms with van der Waals surface area (Å²) in [5, 5.41) is 3.47. The van der Waals surface area contributed by atoms with Crippen LogP contribution in [0, 0.1) is 23.3 Å². The zero-order valence-corrected chi connectivity index (χ0v) is 17.5. The Labute approximate surface area is 189 Å². The van der Waals surface area contributed by atoms with Crippen molar-refractivity contribution in [2.24, 2.45) is 5.10 Å². The first kappa shape index (κ1) is 24.9. The molecule has 0 spiro atoms. The van der Waals surface area contributed by atoms with Crippen molar-refractivity contribution in [3.05, 3.63) is 88.5 Å². The summed E-state index contributed by atoms with van der Waals surface area (Å²) in [5.41, 5.74) is -1.22. The number of halogens is 7. The monoisotopic (exact) mass is 486 g/mol. The number of benzene rings is 3. The van der Waals surface area contributed by atoms with Crippen molar-refractivity contribution in [1.82, 2.24) is 0 Å². The van der Waals surface area contributed by atoms with E-state index >= 15 is 0 Å². The van der Waals surface area contributed by atoms with Gasteiger partial charge in [-0.2, -0.15) is 18.3 Å². The molecule has 3 aromatic rings. The van der Waals surface area contributed by atoms with Gasteiger partial charge in [0.1, 0.15) is 17.9 Å². The highest BCUT2D eigenvalue weighted by molar-refractivity contribution is 5.81. The average Bonchev–Trinajstić information content (AvgIpc) is 2.79. The Bertz CT molecular complexity index is 1150. The minimum absolute atomic E-state index is 0.263. The quantitative estimate of drug-likeness (QED) is 0.167. The third kappa shape index (κ3) is 5.59. The fourth-order valence-electron chi connectivity index (χ4n) is 2.88. The number of nitrogens with one attached hydrogen (secondary N) is 1. The van der Waals surface area contributed by atoms with Crippen LogP contribution in [0.4, 0.5) is 36.4 Å². The summed E-state index contributed by atoms with van der Waals surface area (Å²) in [7, 11) is 0. The number of rotatable bonds is 8. The van der Waals surface area contributed by atoms with Crippen molar-refractivity contribution in [2.45, 2.75) is 19.7 Å². The van der Waals surface area contributed by atoms with Crippen LogP contribution < -0.4 is 14.9 Å². The Hall–Kier alpha value is -3.76. The second kappa shape index (κ2) is 10.4. The van der Waals surface area contributed by atoms with Gasteiger partial charge < -0.3 is 9.47 Å². The lowest BCUT2D eigenvalue weighted by Crippen LogP contribution is -2.16. The van der Waals surface area contributed by atoms with Crippen LogP contribution in [0.25, 0.3) is 0 Å². The Balaban J connectivity index is 1.80. The molecule has 3 rings (SSSR count). The van der Waals surface area contributed by atoms with Gasteiger partial charge in [0.25, 0.3) is 0 Å². The van der Waals surface area contributed by atoms with Crippen molar-refractivity contribution in [1.29, 1.82) is 0 Å². The van der Waals surface area contributed by atoms with E-state index in [4.69, 9.17) is 9.47 Å². The molecular weight excluding hydrogens is 469 g/mol. The van der Waals surface area contributed by atoms with Gasteiger partial charge in [-0.1, -0.05) is 30.3 Å². The zero-order valence-electron chi connectivity index (χ0n) is 17.5. The highest BCUT2D eigenvalue weighted by atomic mass is 19.4. The smallest absolute Gasteiger partial charge is 0.422 e. The fraction of sp³-hybridized carbons (Fsp3) is 0.174. The number of ether oxygens (including phenoxy) is 2. The van der Waals surface area contributed by atoms with Gasteiger partial charge in [0.05, 0.1) is 12.8 Å². The molecule has 0 aliphatic carbocycles. The molecule has 0 unspecified atom stereocenters. The molecule has 0 heterocycles. The van der Waals surface area contributed by atoms with Crippen molar-refractivity contribution in [3.63, 3.8) is 0 Å². The Morgan fingerprint density at radius 2 is 1.50 bits per heavy atom. The second-order valence-corrected chi connectivity index (χ2v) is 6.79. The third-order valence-corrected chi connectivity index (χ3v) is 4.44. The molecule has 0 aliphatic heterocycles. The SMILES string of the molecule is CCOc1cc(C=NNc2c(F)c(F)c(C(F)(F)F)c(F)c2F)ccc1OCc1ccccc1. The van der Waals surface area contributed by atoms with Crippen LogP contribution in [-0.4, -0.2) is 12.8 Å². The molecule has 3 aromatic carbocycles. The molecular formula is C23H17F7N2O2. The van der Waals surface area contributed by atoms with Crippen molar-refractivity contribution in [2.75, 3.05) is 12.0 Å². The van der Waals surface area contributed by atoms with Crippen molar-refractivity contribution < 1.29 is 40.2 Å². The topological polar surface area (TPSA) is 42.8 Å². The number of hydrogen-bond donors (Lipinski definition) is 1.